The number of anilines is 2. The van der Waals surface area contributed by atoms with E-state index in [1.807, 2.05) is 42.5 Å². The van der Waals surface area contributed by atoms with E-state index in [9.17, 15) is 0 Å². The summed E-state index contributed by atoms with van der Waals surface area (Å²) in [6.45, 7) is 1.80. The van der Waals surface area contributed by atoms with Crippen LogP contribution in [0.3, 0.4) is 0 Å². The van der Waals surface area contributed by atoms with Crippen molar-refractivity contribution < 1.29 is 8.94 Å². The highest BCUT2D eigenvalue weighted by Crippen LogP contribution is 2.34. The topological polar surface area (TPSA) is 77.0 Å². The molecule has 0 radical (unpaired) electrons. The fraction of sp³-hybridized carbons (Fsp3) is 0.0556. The third-order valence-corrected chi connectivity index (χ3v) is 3.90. The number of nitrogens with one attached hydrogen (secondary N) is 1. The number of aromatic nitrogens is 3. The van der Waals surface area contributed by atoms with E-state index in [0.717, 1.165) is 11.3 Å². The lowest BCUT2D eigenvalue weighted by Gasteiger charge is -2.00. The molecule has 4 rings (SSSR count). The van der Waals surface area contributed by atoms with Crippen molar-refractivity contribution in [3.8, 4) is 22.7 Å². The molecule has 0 atom stereocenters. The second-order valence-corrected chi connectivity index (χ2v) is 5.81. The maximum absolute atomic E-state index is 5.95. The molecule has 0 unspecified atom stereocenters. The number of aryl methyl sites for hydroxylation is 1. The van der Waals surface area contributed by atoms with Gasteiger partial charge in [-0.05, 0) is 31.2 Å². The zero-order valence-corrected chi connectivity index (χ0v) is 14.0. The fourth-order valence-electron chi connectivity index (χ4n) is 2.45. The van der Waals surface area contributed by atoms with Gasteiger partial charge in [0.2, 0.25) is 0 Å². The van der Waals surface area contributed by atoms with Crippen molar-refractivity contribution in [3.63, 3.8) is 0 Å². The van der Waals surface area contributed by atoms with Crippen molar-refractivity contribution in [1.82, 2.24) is 15.4 Å². The van der Waals surface area contributed by atoms with Crippen LogP contribution in [0.2, 0.25) is 5.02 Å². The molecule has 0 spiro atoms. The second-order valence-electron chi connectivity index (χ2n) is 5.37. The first kappa shape index (κ1) is 15.4. The van der Waals surface area contributed by atoms with E-state index < -0.39 is 0 Å². The highest BCUT2D eigenvalue weighted by molar-refractivity contribution is 6.30. The van der Waals surface area contributed by atoms with E-state index in [2.05, 4.69) is 20.7 Å². The Balaban J connectivity index is 1.69. The first-order valence-corrected chi connectivity index (χ1v) is 7.96. The molecule has 0 fully saturated rings. The number of nitrogens with zero attached hydrogens (tertiary/aromatic N) is 3. The van der Waals surface area contributed by atoms with Crippen molar-refractivity contribution >= 4 is 23.3 Å². The number of hydrogen-bond acceptors (Lipinski definition) is 6. The summed E-state index contributed by atoms with van der Waals surface area (Å²) >= 11 is 5.95. The molecule has 4 aromatic rings. The van der Waals surface area contributed by atoms with Crippen LogP contribution in [-0.4, -0.2) is 15.4 Å². The normalized spacial score (nSPS) is 10.8. The van der Waals surface area contributed by atoms with Crippen LogP contribution in [0.1, 0.15) is 5.76 Å². The molecule has 1 N–H and O–H groups in total. The molecular formula is C18H13ClN4O2. The van der Waals surface area contributed by atoms with Crippen molar-refractivity contribution in [2.24, 2.45) is 0 Å². The van der Waals surface area contributed by atoms with Crippen LogP contribution in [0, 0.1) is 6.92 Å². The van der Waals surface area contributed by atoms with Gasteiger partial charge in [0.05, 0.1) is 0 Å². The number of para-hydroxylation sites is 1. The van der Waals surface area contributed by atoms with Gasteiger partial charge in [0.1, 0.15) is 17.0 Å². The standard InChI is InChI=1S/C18H13ClN4O2/c1-11-15(16(23-25-11)12-7-9-13(19)10-8-12)17-21-22-18(24-17)20-14-5-3-2-4-6-14/h2-10H,1H3,(H,20,22). The summed E-state index contributed by atoms with van der Waals surface area (Å²) in [4.78, 5) is 0. The Morgan fingerprint density at radius 3 is 2.48 bits per heavy atom. The largest absolute Gasteiger partial charge is 0.403 e. The van der Waals surface area contributed by atoms with Crippen molar-refractivity contribution in [2.45, 2.75) is 6.92 Å². The average molecular weight is 353 g/mol. The Hall–Kier alpha value is -3.12. The van der Waals surface area contributed by atoms with E-state index in [0.29, 0.717) is 33.9 Å². The Morgan fingerprint density at radius 2 is 1.72 bits per heavy atom. The lowest BCUT2D eigenvalue weighted by Crippen LogP contribution is -1.88. The third kappa shape index (κ3) is 3.12. The summed E-state index contributed by atoms with van der Waals surface area (Å²) in [5.41, 5.74) is 3.00. The molecule has 2 aromatic heterocycles. The van der Waals surface area contributed by atoms with Crippen LogP contribution in [0.5, 0.6) is 0 Å². The fourth-order valence-corrected chi connectivity index (χ4v) is 2.57. The zero-order valence-electron chi connectivity index (χ0n) is 13.2. The Bertz CT molecular complexity index is 994. The molecule has 7 heteroatoms. The Labute approximate surface area is 148 Å². The van der Waals surface area contributed by atoms with Crippen LogP contribution in [0.4, 0.5) is 11.7 Å². The van der Waals surface area contributed by atoms with Gasteiger partial charge in [-0.25, -0.2) is 0 Å². The number of rotatable bonds is 4. The van der Waals surface area contributed by atoms with Crippen LogP contribution in [0.25, 0.3) is 22.7 Å². The van der Waals surface area contributed by atoms with Gasteiger partial charge in [0.25, 0.3) is 5.89 Å². The predicted octanol–water partition coefficient (Wildman–Crippen LogP) is 5.10. The van der Waals surface area contributed by atoms with Gasteiger partial charge < -0.3 is 14.3 Å². The molecule has 2 heterocycles. The van der Waals surface area contributed by atoms with Gasteiger partial charge in [0.15, 0.2) is 0 Å². The summed E-state index contributed by atoms with van der Waals surface area (Å²) in [6.07, 6.45) is 0. The van der Waals surface area contributed by atoms with E-state index >= 15 is 0 Å². The molecule has 124 valence electrons. The first-order valence-electron chi connectivity index (χ1n) is 7.59. The number of halogens is 1. The second kappa shape index (κ2) is 6.41. The quantitative estimate of drug-likeness (QED) is 0.550. The van der Waals surface area contributed by atoms with E-state index in [1.54, 1.807) is 19.1 Å². The SMILES string of the molecule is Cc1onc(-c2ccc(Cl)cc2)c1-c1nnc(Nc2ccccc2)o1. The molecule has 2 aromatic carbocycles. The molecule has 0 saturated heterocycles. The van der Waals surface area contributed by atoms with E-state index in [4.69, 9.17) is 20.5 Å². The van der Waals surface area contributed by atoms with Crippen molar-refractivity contribution in [1.29, 1.82) is 0 Å². The lowest BCUT2D eigenvalue weighted by atomic mass is 10.1. The summed E-state index contributed by atoms with van der Waals surface area (Å²) in [6, 6.07) is 17.2. The van der Waals surface area contributed by atoms with E-state index in [1.165, 1.54) is 0 Å². The van der Waals surface area contributed by atoms with Crippen LogP contribution >= 0.6 is 11.6 Å². The number of benzene rings is 2. The minimum absolute atomic E-state index is 0.295. The minimum Gasteiger partial charge on any atom is -0.403 e. The van der Waals surface area contributed by atoms with Gasteiger partial charge in [-0.1, -0.05) is 52.2 Å². The molecular weight excluding hydrogens is 340 g/mol. The van der Waals surface area contributed by atoms with Crippen LogP contribution in [-0.2, 0) is 0 Å². The molecule has 0 amide bonds. The average Bonchev–Trinajstić information content (AvgIpc) is 3.23. The number of hydrogen-bond donors (Lipinski definition) is 1. The van der Waals surface area contributed by atoms with Gasteiger partial charge >= 0.3 is 6.01 Å². The van der Waals surface area contributed by atoms with Crippen molar-refractivity contribution in [2.75, 3.05) is 5.32 Å². The smallest absolute Gasteiger partial charge is 0.320 e. The van der Waals surface area contributed by atoms with Gasteiger partial charge in [-0.2, -0.15) is 0 Å². The molecule has 0 saturated carbocycles. The maximum atomic E-state index is 5.95. The first-order chi connectivity index (χ1) is 12.2. The summed E-state index contributed by atoms with van der Waals surface area (Å²) < 4.78 is 11.1. The summed E-state index contributed by atoms with van der Waals surface area (Å²) in [5.74, 6) is 0.932. The highest BCUT2D eigenvalue weighted by atomic mass is 35.5. The molecule has 25 heavy (non-hydrogen) atoms. The van der Waals surface area contributed by atoms with Crippen LogP contribution < -0.4 is 5.32 Å². The zero-order chi connectivity index (χ0) is 17.2. The van der Waals surface area contributed by atoms with Gasteiger partial charge in [-0.15, -0.1) is 5.10 Å². The monoisotopic (exact) mass is 352 g/mol. The van der Waals surface area contributed by atoms with Gasteiger partial charge in [0, 0.05) is 16.3 Å². The molecule has 6 nitrogen and oxygen atoms in total. The van der Waals surface area contributed by atoms with Crippen molar-refractivity contribution in [3.05, 3.63) is 65.4 Å². The van der Waals surface area contributed by atoms with E-state index in [-0.39, 0.29) is 0 Å². The van der Waals surface area contributed by atoms with Crippen LogP contribution in [0.15, 0.2) is 63.5 Å². The lowest BCUT2D eigenvalue weighted by molar-refractivity contribution is 0.399. The van der Waals surface area contributed by atoms with Gasteiger partial charge in [-0.3, -0.25) is 0 Å². The molecule has 0 aliphatic carbocycles. The molecule has 0 aliphatic rings. The highest BCUT2D eigenvalue weighted by Gasteiger charge is 2.22. The summed E-state index contributed by atoms with van der Waals surface area (Å²) in [5, 5.41) is 16.0. The Morgan fingerprint density at radius 1 is 0.960 bits per heavy atom. The molecule has 0 bridgehead atoms. The summed E-state index contributed by atoms with van der Waals surface area (Å²) in [7, 11) is 0. The Kier molecular flexibility index (Phi) is 3.95. The molecule has 0 aliphatic heterocycles. The maximum Gasteiger partial charge on any atom is 0.320 e. The third-order valence-electron chi connectivity index (χ3n) is 3.64. The minimum atomic E-state index is 0.295. The predicted molar refractivity (Wildman–Crippen MR) is 94.7 cm³/mol.